The number of carbonyl (C=O) groups is 3. The van der Waals surface area contributed by atoms with Crippen LogP contribution in [0.3, 0.4) is 0 Å². The number of thioether (sulfide) groups is 1. The second-order valence-electron chi connectivity index (χ2n) is 10.9. The summed E-state index contributed by atoms with van der Waals surface area (Å²) in [6.07, 6.45) is 6.51. The van der Waals surface area contributed by atoms with Crippen LogP contribution >= 0.6 is 11.8 Å². The first-order valence-electron chi connectivity index (χ1n) is 13.5. The predicted molar refractivity (Wildman–Crippen MR) is 149 cm³/mol. The number of amides is 4. The van der Waals surface area contributed by atoms with Gasteiger partial charge < -0.3 is 15.5 Å². The van der Waals surface area contributed by atoms with Gasteiger partial charge in [0, 0.05) is 44.6 Å². The number of carbonyl (C=O) groups excluding carboxylic acids is 3. The molecule has 1 aliphatic carbocycles. The lowest BCUT2D eigenvalue weighted by Gasteiger charge is -2.49. The number of rotatable bonds is 7. The van der Waals surface area contributed by atoms with Gasteiger partial charge >= 0.3 is 6.03 Å². The molecular formula is C28H40FN5O3S. The van der Waals surface area contributed by atoms with Gasteiger partial charge in [-0.1, -0.05) is 6.58 Å². The van der Waals surface area contributed by atoms with Crippen LogP contribution in [0.4, 0.5) is 9.18 Å². The van der Waals surface area contributed by atoms with E-state index in [0.717, 1.165) is 48.5 Å². The van der Waals surface area contributed by atoms with Crippen molar-refractivity contribution < 1.29 is 18.8 Å². The Morgan fingerprint density at radius 1 is 1.13 bits per heavy atom. The maximum atomic E-state index is 14.2. The lowest BCUT2D eigenvalue weighted by Crippen LogP contribution is -2.67. The van der Waals surface area contributed by atoms with E-state index < -0.39 is 17.9 Å². The van der Waals surface area contributed by atoms with Gasteiger partial charge in [0.15, 0.2) is 0 Å². The standard InChI is InChI=1S/C28H40FN5O3S/c1-17(2)24(18(3)32(4)5)26(35)31-15-19-6-8-21(9-7-19)34-27(36)23-14-20(29)16-30-25(23)33(28(34)37)22-10-12-38-13-11-22/h14,16,19,21-22,25,30H,1,6-13,15H2,2-5H3,(H,31,35)/b24-18+. The molecule has 1 saturated carbocycles. The summed E-state index contributed by atoms with van der Waals surface area (Å²) in [6.45, 7) is 8.23. The van der Waals surface area contributed by atoms with Gasteiger partial charge in [0.05, 0.1) is 11.1 Å². The van der Waals surface area contributed by atoms with Gasteiger partial charge in [0.2, 0.25) is 0 Å². The lowest BCUT2D eigenvalue weighted by molar-refractivity contribution is -0.131. The minimum absolute atomic E-state index is 0.0163. The molecule has 0 bridgehead atoms. The number of imide groups is 1. The molecule has 3 heterocycles. The molecule has 1 unspecified atom stereocenters. The van der Waals surface area contributed by atoms with Crippen LogP contribution in [0.25, 0.3) is 0 Å². The second kappa shape index (κ2) is 12.0. The van der Waals surface area contributed by atoms with Gasteiger partial charge in [0.25, 0.3) is 11.8 Å². The first-order chi connectivity index (χ1) is 18.1. The van der Waals surface area contributed by atoms with Crippen molar-refractivity contribution in [3.63, 3.8) is 0 Å². The highest BCUT2D eigenvalue weighted by atomic mass is 32.2. The largest absolute Gasteiger partial charge is 0.381 e. The average Bonchev–Trinajstić information content (AvgIpc) is 2.89. The van der Waals surface area contributed by atoms with E-state index in [2.05, 4.69) is 17.2 Å². The number of nitrogens with zero attached hydrogens (tertiary/aromatic N) is 3. The molecule has 4 aliphatic rings. The lowest BCUT2D eigenvalue weighted by atomic mass is 9.84. The fourth-order valence-electron chi connectivity index (χ4n) is 5.86. The molecule has 2 saturated heterocycles. The highest BCUT2D eigenvalue weighted by molar-refractivity contribution is 7.99. The molecule has 0 aromatic carbocycles. The molecule has 208 valence electrons. The zero-order valence-corrected chi connectivity index (χ0v) is 23.7. The minimum Gasteiger partial charge on any atom is -0.381 e. The smallest absolute Gasteiger partial charge is 0.329 e. The van der Waals surface area contributed by atoms with Gasteiger partial charge in [-0.05, 0) is 81.4 Å². The topological polar surface area (TPSA) is 85.0 Å². The quantitative estimate of drug-likeness (QED) is 0.373. The zero-order valence-electron chi connectivity index (χ0n) is 22.9. The summed E-state index contributed by atoms with van der Waals surface area (Å²) in [6, 6.07) is -0.493. The van der Waals surface area contributed by atoms with Crippen molar-refractivity contribution in [2.75, 3.05) is 32.1 Å². The van der Waals surface area contributed by atoms with E-state index >= 15 is 0 Å². The molecule has 0 aromatic rings. The molecule has 0 spiro atoms. The monoisotopic (exact) mass is 545 g/mol. The molecule has 3 fully saturated rings. The van der Waals surface area contributed by atoms with Crippen LogP contribution in [0.2, 0.25) is 0 Å². The van der Waals surface area contributed by atoms with Gasteiger partial charge in [0.1, 0.15) is 12.0 Å². The molecule has 4 rings (SSSR count). The summed E-state index contributed by atoms with van der Waals surface area (Å²) in [4.78, 5) is 45.3. The van der Waals surface area contributed by atoms with E-state index in [1.807, 2.05) is 44.6 Å². The Bertz CT molecular complexity index is 1070. The number of urea groups is 1. The van der Waals surface area contributed by atoms with Crippen molar-refractivity contribution >= 4 is 29.6 Å². The Morgan fingerprint density at radius 2 is 1.79 bits per heavy atom. The van der Waals surface area contributed by atoms with Crippen molar-refractivity contribution in [2.45, 2.75) is 70.6 Å². The van der Waals surface area contributed by atoms with Crippen LogP contribution in [0.15, 0.2) is 47.1 Å². The molecule has 1 atom stereocenters. The van der Waals surface area contributed by atoms with Crippen LogP contribution < -0.4 is 10.6 Å². The fraction of sp³-hybridized carbons (Fsp3) is 0.607. The van der Waals surface area contributed by atoms with Crippen LogP contribution in [-0.4, -0.2) is 82.9 Å². The Morgan fingerprint density at radius 3 is 2.39 bits per heavy atom. The number of halogens is 1. The van der Waals surface area contributed by atoms with Crippen molar-refractivity contribution in [2.24, 2.45) is 5.92 Å². The molecular weight excluding hydrogens is 505 g/mol. The van der Waals surface area contributed by atoms with E-state index in [4.69, 9.17) is 0 Å². The number of dihydropyridines is 1. The van der Waals surface area contributed by atoms with Crippen molar-refractivity contribution in [1.29, 1.82) is 0 Å². The van der Waals surface area contributed by atoms with E-state index in [-0.39, 0.29) is 29.9 Å². The molecule has 38 heavy (non-hydrogen) atoms. The number of nitrogens with one attached hydrogen (secondary N) is 2. The molecule has 0 radical (unpaired) electrons. The third kappa shape index (κ3) is 5.80. The molecule has 4 amide bonds. The molecule has 0 aromatic heterocycles. The molecule has 3 aliphatic heterocycles. The zero-order chi connectivity index (χ0) is 27.6. The summed E-state index contributed by atoms with van der Waals surface area (Å²) in [5.74, 6) is 1.14. The predicted octanol–water partition coefficient (Wildman–Crippen LogP) is 3.90. The number of hydrogen-bond acceptors (Lipinski definition) is 6. The Kier molecular flexibility index (Phi) is 8.90. The van der Waals surface area contributed by atoms with Crippen LogP contribution in [0.5, 0.6) is 0 Å². The average molecular weight is 546 g/mol. The number of hydrogen-bond donors (Lipinski definition) is 2. The minimum atomic E-state index is -0.619. The Balaban J connectivity index is 1.43. The van der Waals surface area contributed by atoms with Crippen molar-refractivity contribution in [3.8, 4) is 0 Å². The van der Waals surface area contributed by atoms with E-state index in [1.165, 1.54) is 17.2 Å². The Hall–Kier alpha value is -2.75. The summed E-state index contributed by atoms with van der Waals surface area (Å²) in [7, 11) is 3.80. The summed E-state index contributed by atoms with van der Waals surface area (Å²) in [5, 5.41) is 6.03. The molecule has 8 nitrogen and oxygen atoms in total. The van der Waals surface area contributed by atoms with Crippen LogP contribution in [-0.2, 0) is 9.59 Å². The maximum Gasteiger partial charge on any atom is 0.329 e. The normalized spacial score (nSPS) is 27.0. The van der Waals surface area contributed by atoms with Crippen LogP contribution in [0.1, 0.15) is 52.4 Å². The summed E-state index contributed by atoms with van der Waals surface area (Å²) < 4.78 is 14.2. The maximum absolute atomic E-state index is 14.2. The van der Waals surface area contributed by atoms with Gasteiger partial charge in [-0.3, -0.25) is 19.4 Å². The second-order valence-corrected chi connectivity index (χ2v) is 12.2. The molecule has 2 N–H and O–H groups in total. The number of fused-ring (bicyclic) bond motifs is 1. The van der Waals surface area contributed by atoms with Crippen LogP contribution in [0, 0.1) is 5.92 Å². The first-order valence-corrected chi connectivity index (χ1v) is 14.6. The highest BCUT2D eigenvalue weighted by Gasteiger charge is 2.49. The third-order valence-corrected chi connectivity index (χ3v) is 9.19. The highest BCUT2D eigenvalue weighted by Crippen LogP contribution is 2.36. The molecule has 10 heteroatoms. The van der Waals surface area contributed by atoms with E-state index in [0.29, 0.717) is 30.5 Å². The van der Waals surface area contributed by atoms with E-state index in [1.54, 1.807) is 4.90 Å². The summed E-state index contributed by atoms with van der Waals surface area (Å²) in [5.41, 5.74) is 2.47. The first kappa shape index (κ1) is 28.3. The summed E-state index contributed by atoms with van der Waals surface area (Å²) >= 11 is 1.87. The van der Waals surface area contributed by atoms with Crippen molar-refractivity contribution in [3.05, 3.63) is 47.1 Å². The van der Waals surface area contributed by atoms with Gasteiger partial charge in [-0.15, -0.1) is 0 Å². The number of allylic oxidation sites excluding steroid dienone is 3. The van der Waals surface area contributed by atoms with Gasteiger partial charge in [-0.25, -0.2) is 9.18 Å². The van der Waals surface area contributed by atoms with E-state index in [9.17, 15) is 18.8 Å². The van der Waals surface area contributed by atoms with Gasteiger partial charge in [-0.2, -0.15) is 11.8 Å². The fourth-order valence-corrected chi connectivity index (χ4v) is 6.94. The van der Waals surface area contributed by atoms with Crippen molar-refractivity contribution in [1.82, 2.24) is 25.3 Å². The third-order valence-electron chi connectivity index (χ3n) is 8.14. The SMILES string of the molecule is C=C(C)/C(C(=O)NCC1CCC(N2C(=O)C3=CC(F)=CNC3N(C3CCSCC3)C2=O)CC1)=C(/C)N(C)C. The Labute approximate surface area is 229 Å².